The Balaban J connectivity index is 0.000000140. The molecule has 0 unspecified atom stereocenters. The molecule has 0 bridgehead atoms. The predicted molar refractivity (Wildman–Crippen MR) is 67.6 cm³/mol. The summed E-state index contributed by atoms with van der Waals surface area (Å²) in [6.45, 7) is 8.49. The minimum absolute atomic E-state index is 1.40. The van der Waals surface area contributed by atoms with Crippen LogP contribution in [0.4, 0.5) is 0 Å². The van der Waals surface area contributed by atoms with Gasteiger partial charge in [-0.25, -0.2) is 0 Å². The van der Waals surface area contributed by atoms with Gasteiger partial charge in [-0.1, -0.05) is 0 Å². The summed E-state index contributed by atoms with van der Waals surface area (Å²) < 4.78 is 0. The molecule has 2 rings (SSSR count). The van der Waals surface area contributed by atoms with Gasteiger partial charge in [0.25, 0.3) is 0 Å². The maximum atomic E-state index is 2.14. The summed E-state index contributed by atoms with van der Waals surface area (Å²) in [6.07, 6.45) is 0. The lowest BCUT2D eigenvalue weighted by molar-refractivity contribution is 1.61. The summed E-state index contributed by atoms with van der Waals surface area (Å²) in [6, 6.07) is 8.56. The zero-order chi connectivity index (χ0) is 10.6. The standard InChI is InChI=1S/2C6H8S/c2*1-5-3-4-6(2)7-5/h2*3-4H,1-2H3. The van der Waals surface area contributed by atoms with Crippen molar-refractivity contribution >= 4 is 22.7 Å². The minimum atomic E-state index is 1.40. The third-order valence-electron chi connectivity index (χ3n) is 1.75. The van der Waals surface area contributed by atoms with Gasteiger partial charge in [0, 0.05) is 19.5 Å². The van der Waals surface area contributed by atoms with Gasteiger partial charge in [0.05, 0.1) is 0 Å². The maximum absolute atomic E-state index is 2.14. The molecule has 0 aliphatic rings. The van der Waals surface area contributed by atoms with Crippen LogP contribution in [0.15, 0.2) is 24.3 Å². The van der Waals surface area contributed by atoms with Gasteiger partial charge in [0.15, 0.2) is 0 Å². The van der Waals surface area contributed by atoms with E-state index in [0.717, 1.165) is 0 Å². The lowest BCUT2D eigenvalue weighted by Gasteiger charge is -1.71. The lowest BCUT2D eigenvalue weighted by atomic mass is 10.5. The Morgan fingerprint density at radius 2 is 0.786 bits per heavy atom. The van der Waals surface area contributed by atoms with Crippen LogP contribution in [0.25, 0.3) is 0 Å². The van der Waals surface area contributed by atoms with Gasteiger partial charge >= 0.3 is 0 Å². The molecule has 14 heavy (non-hydrogen) atoms. The highest BCUT2D eigenvalue weighted by molar-refractivity contribution is 7.12. The van der Waals surface area contributed by atoms with Gasteiger partial charge in [-0.15, -0.1) is 22.7 Å². The van der Waals surface area contributed by atoms with Gasteiger partial charge in [-0.05, 0) is 52.0 Å². The molecule has 0 saturated carbocycles. The maximum Gasteiger partial charge on any atom is 0.00170 e. The molecule has 0 N–H and O–H groups in total. The molecule has 2 heteroatoms. The number of hydrogen-bond acceptors (Lipinski definition) is 2. The summed E-state index contributed by atoms with van der Waals surface area (Å²) >= 11 is 3.69. The molecular weight excluding hydrogens is 208 g/mol. The highest BCUT2D eigenvalue weighted by Crippen LogP contribution is 2.12. The van der Waals surface area contributed by atoms with Crippen LogP contribution in [0.5, 0.6) is 0 Å². The van der Waals surface area contributed by atoms with E-state index in [1.165, 1.54) is 19.5 Å². The Bertz CT molecular complexity index is 311. The molecule has 0 nitrogen and oxygen atoms in total. The van der Waals surface area contributed by atoms with E-state index in [1.54, 1.807) is 0 Å². The molecular formula is C12H16S2. The molecule has 0 aliphatic carbocycles. The summed E-state index contributed by atoms with van der Waals surface area (Å²) in [7, 11) is 0. The number of thiophene rings is 2. The molecule has 0 saturated heterocycles. The van der Waals surface area contributed by atoms with E-state index in [0.29, 0.717) is 0 Å². The van der Waals surface area contributed by atoms with Crippen LogP contribution in [0.3, 0.4) is 0 Å². The molecule has 2 heterocycles. The highest BCUT2D eigenvalue weighted by Gasteiger charge is 1.85. The fourth-order valence-corrected chi connectivity index (χ4v) is 2.67. The van der Waals surface area contributed by atoms with Crippen LogP contribution in [-0.2, 0) is 0 Å². The number of aryl methyl sites for hydroxylation is 4. The minimum Gasteiger partial charge on any atom is -0.146 e. The summed E-state index contributed by atoms with van der Waals surface area (Å²) in [5.41, 5.74) is 0. The third-order valence-corrected chi connectivity index (χ3v) is 3.58. The molecule has 0 spiro atoms. The first-order valence-electron chi connectivity index (χ1n) is 4.64. The van der Waals surface area contributed by atoms with Crippen LogP contribution in [0.2, 0.25) is 0 Å². The van der Waals surface area contributed by atoms with Crippen LogP contribution >= 0.6 is 22.7 Å². The van der Waals surface area contributed by atoms with E-state index < -0.39 is 0 Å². The van der Waals surface area contributed by atoms with Crippen molar-refractivity contribution in [3.05, 3.63) is 43.8 Å². The van der Waals surface area contributed by atoms with Gasteiger partial charge in [-0.2, -0.15) is 0 Å². The Morgan fingerprint density at radius 3 is 0.857 bits per heavy atom. The first-order chi connectivity index (χ1) is 6.58. The van der Waals surface area contributed by atoms with E-state index in [-0.39, 0.29) is 0 Å². The highest BCUT2D eigenvalue weighted by atomic mass is 32.1. The van der Waals surface area contributed by atoms with Crippen LogP contribution in [0, 0.1) is 27.7 Å². The second-order valence-electron chi connectivity index (χ2n) is 3.31. The molecule has 0 aliphatic heterocycles. The number of rotatable bonds is 0. The summed E-state index contributed by atoms with van der Waals surface area (Å²) in [5.74, 6) is 0. The topological polar surface area (TPSA) is 0 Å². The van der Waals surface area contributed by atoms with E-state index in [1.807, 2.05) is 22.7 Å². The van der Waals surface area contributed by atoms with Crippen LogP contribution in [-0.4, -0.2) is 0 Å². The average molecular weight is 224 g/mol. The van der Waals surface area contributed by atoms with Crippen molar-refractivity contribution in [3.63, 3.8) is 0 Å². The van der Waals surface area contributed by atoms with Crippen LogP contribution < -0.4 is 0 Å². The van der Waals surface area contributed by atoms with E-state index >= 15 is 0 Å². The first kappa shape index (κ1) is 11.5. The molecule has 0 atom stereocenters. The molecule has 0 radical (unpaired) electrons. The van der Waals surface area contributed by atoms with E-state index in [9.17, 15) is 0 Å². The molecule has 76 valence electrons. The first-order valence-corrected chi connectivity index (χ1v) is 6.27. The molecule has 2 aromatic heterocycles. The molecule has 2 aromatic rings. The SMILES string of the molecule is Cc1ccc(C)s1.Cc1ccc(C)s1. The Labute approximate surface area is 94.2 Å². The smallest absolute Gasteiger partial charge is 0.00170 e. The van der Waals surface area contributed by atoms with Gasteiger partial charge in [0.2, 0.25) is 0 Å². The zero-order valence-corrected chi connectivity index (χ0v) is 10.8. The average Bonchev–Trinajstić information content (AvgIpc) is 2.63. The lowest BCUT2D eigenvalue weighted by Crippen LogP contribution is -1.44. The summed E-state index contributed by atoms with van der Waals surface area (Å²) in [5, 5.41) is 0. The second-order valence-corrected chi connectivity index (χ2v) is 6.30. The predicted octanol–water partition coefficient (Wildman–Crippen LogP) is 4.73. The largest absolute Gasteiger partial charge is 0.146 e. The van der Waals surface area contributed by atoms with Gasteiger partial charge in [-0.3, -0.25) is 0 Å². The van der Waals surface area contributed by atoms with Gasteiger partial charge in [0.1, 0.15) is 0 Å². The Kier molecular flexibility index (Phi) is 4.36. The Hall–Kier alpha value is -0.600. The molecule has 0 fully saturated rings. The van der Waals surface area contributed by atoms with E-state index in [4.69, 9.17) is 0 Å². The van der Waals surface area contributed by atoms with Gasteiger partial charge < -0.3 is 0 Å². The van der Waals surface area contributed by atoms with Crippen molar-refractivity contribution in [2.75, 3.05) is 0 Å². The van der Waals surface area contributed by atoms with Crippen molar-refractivity contribution in [2.45, 2.75) is 27.7 Å². The second kappa shape index (κ2) is 5.32. The van der Waals surface area contributed by atoms with Crippen molar-refractivity contribution in [3.8, 4) is 0 Å². The number of hydrogen-bond donors (Lipinski definition) is 0. The fourth-order valence-electron chi connectivity index (χ4n) is 1.11. The third kappa shape index (κ3) is 4.07. The Morgan fingerprint density at radius 1 is 0.571 bits per heavy atom. The van der Waals surface area contributed by atoms with Crippen molar-refractivity contribution in [1.82, 2.24) is 0 Å². The fraction of sp³-hybridized carbons (Fsp3) is 0.333. The van der Waals surface area contributed by atoms with Crippen molar-refractivity contribution < 1.29 is 0 Å². The summed E-state index contributed by atoms with van der Waals surface area (Å²) in [4.78, 5) is 5.60. The zero-order valence-electron chi connectivity index (χ0n) is 9.13. The molecule has 0 aromatic carbocycles. The quantitative estimate of drug-likeness (QED) is 0.607. The monoisotopic (exact) mass is 224 g/mol. The van der Waals surface area contributed by atoms with Crippen molar-refractivity contribution in [1.29, 1.82) is 0 Å². The van der Waals surface area contributed by atoms with E-state index in [2.05, 4.69) is 52.0 Å². The molecule has 0 amide bonds. The normalized spacial score (nSPS) is 9.43. The van der Waals surface area contributed by atoms with Crippen molar-refractivity contribution in [2.24, 2.45) is 0 Å². The van der Waals surface area contributed by atoms with Crippen LogP contribution in [0.1, 0.15) is 19.5 Å².